The lowest BCUT2D eigenvalue weighted by Gasteiger charge is -2.33. The molecule has 3 rings (SSSR count). The summed E-state index contributed by atoms with van der Waals surface area (Å²) in [7, 11) is -3.57. The Bertz CT molecular complexity index is 1420. The van der Waals surface area contributed by atoms with E-state index in [-0.39, 0.29) is 43.8 Å². The number of amides is 2. The van der Waals surface area contributed by atoms with Gasteiger partial charge in [0.2, 0.25) is 21.8 Å². The number of benzene rings is 3. The molecule has 3 aromatic carbocycles. The Morgan fingerprint density at radius 1 is 0.976 bits per heavy atom. The van der Waals surface area contributed by atoms with Gasteiger partial charge in [-0.15, -0.1) is 0 Å². The maximum Gasteiger partial charge on any atom is 0.243 e. The summed E-state index contributed by atoms with van der Waals surface area (Å²) >= 11 is 6.49. The van der Waals surface area contributed by atoms with Gasteiger partial charge in [0, 0.05) is 37.0 Å². The number of sulfonamides is 1. The first kappa shape index (κ1) is 32.2. The van der Waals surface area contributed by atoms with Crippen molar-refractivity contribution in [2.45, 2.75) is 65.1 Å². The van der Waals surface area contributed by atoms with Crippen LogP contribution in [0.1, 0.15) is 49.8 Å². The first-order valence-corrected chi connectivity index (χ1v) is 16.1. The Balaban J connectivity index is 1.90. The van der Waals surface area contributed by atoms with Crippen LogP contribution in [0.4, 0.5) is 5.69 Å². The number of carbonyl (C=O) groups excluding carboxylic acids is 2. The van der Waals surface area contributed by atoms with Crippen molar-refractivity contribution < 1.29 is 18.0 Å². The van der Waals surface area contributed by atoms with Crippen LogP contribution >= 0.6 is 11.6 Å². The Morgan fingerprint density at radius 2 is 1.66 bits per heavy atom. The second-order valence-electron chi connectivity index (χ2n) is 10.4. The summed E-state index contributed by atoms with van der Waals surface area (Å²) in [6, 6.07) is 23.3. The minimum Gasteiger partial charge on any atom is -0.352 e. The number of hydrogen-bond donors (Lipinski definition) is 1. The molecular formula is C32H40ClN3O4S. The minimum absolute atomic E-state index is 0.0595. The van der Waals surface area contributed by atoms with Crippen LogP contribution in [-0.4, -0.2) is 50.0 Å². The molecule has 220 valence electrons. The van der Waals surface area contributed by atoms with Gasteiger partial charge in [0.1, 0.15) is 6.04 Å². The van der Waals surface area contributed by atoms with Crippen LogP contribution in [0.2, 0.25) is 5.02 Å². The molecule has 0 saturated carbocycles. The Labute approximate surface area is 249 Å². The van der Waals surface area contributed by atoms with Crippen molar-refractivity contribution in [3.63, 3.8) is 0 Å². The highest BCUT2D eigenvalue weighted by atomic mass is 35.5. The van der Waals surface area contributed by atoms with Crippen LogP contribution in [0.5, 0.6) is 0 Å². The fourth-order valence-corrected chi connectivity index (χ4v) is 5.74. The number of rotatable bonds is 14. The van der Waals surface area contributed by atoms with E-state index in [1.807, 2.05) is 87.5 Å². The first-order chi connectivity index (χ1) is 19.5. The van der Waals surface area contributed by atoms with Crippen LogP contribution in [0.25, 0.3) is 0 Å². The van der Waals surface area contributed by atoms with Crippen molar-refractivity contribution >= 4 is 39.1 Å². The normalized spacial score (nSPS) is 12.8. The molecule has 0 bridgehead atoms. The molecule has 1 N–H and O–H groups in total. The zero-order chi connectivity index (χ0) is 30.0. The molecule has 0 aliphatic carbocycles. The van der Waals surface area contributed by atoms with Gasteiger partial charge in [0.25, 0.3) is 0 Å². The Kier molecular flexibility index (Phi) is 11.8. The zero-order valence-corrected chi connectivity index (χ0v) is 25.8. The number of aryl methyl sites for hydroxylation is 1. The van der Waals surface area contributed by atoms with E-state index in [1.54, 1.807) is 17.0 Å². The molecule has 0 fully saturated rings. The molecule has 2 unspecified atom stereocenters. The van der Waals surface area contributed by atoms with Crippen molar-refractivity contribution in [3.8, 4) is 0 Å². The predicted octanol–water partition coefficient (Wildman–Crippen LogP) is 5.75. The minimum atomic E-state index is -3.57. The molecule has 0 aliphatic rings. The van der Waals surface area contributed by atoms with E-state index in [0.29, 0.717) is 17.1 Å². The molecule has 0 radical (unpaired) electrons. The highest BCUT2D eigenvalue weighted by Gasteiger charge is 2.31. The van der Waals surface area contributed by atoms with Gasteiger partial charge in [-0.3, -0.25) is 13.9 Å². The van der Waals surface area contributed by atoms with E-state index in [2.05, 4.69) is 5.32 Å². The highest BCUT2D eigenvalue weighted by Crippen LogP contribution is 2.23. The Hall–Kier alpha value is -3.36. The van der Waals surface area contributed by atoms with Gasteiger partial charge < -0.3 is 10.2 Å². The third-order valence-corrected chi connectivity index (χ3v) is 8.58. The molecule has 0 saturated heterocycles. The maximum atomic E-state index is 13.9. The fourth-order valence-electron chi connectivity index (χ4n) is 4.59. The topological polar surface area (TPSA) is 86.8 Å². The summed E-state index contributed by atoms with van der Waals surface area (Å²) < 4.78 is 26.6. The van der Waals surface area contributed by atoms with Gasteiger partial charge in [0.05, 0.1) is 11.9 Å². The van der Waals surface area contributed by atoms with Crippen molar-refractivity contribution in [2.24, 2.45) is 0 Å². The van der Waals surface area contributed by atoms with Gasteiger partial charge in [-0.1, -0.05) is 79.2 Å². The SMILES string of the molecule is CCC(C)NC(=O)C(Cc1ccccc1)N(Cc1ccccc1Cl)C(=O)CCCN(c1cccc(C)c1)S(C)(=O)=O. The van der Waals surface area contributed by atoms with Gasteiger partial charge in [-0.2, -0.15) is 0 Å². The predicted molar refractivity (Wildman–Crippen MR) is 166 cm³/mol. The average molecular weight is 598 g/mol. The van der Waals surface area contributed by atoms with Crippen molar-refractivity contribution in [1.29, 1.82) is 0 Å². The van der Waals surface area contributed by atoms with Gasteiger partial charge in [-0.05, 0) is 61.6 Å². The van der Waals surface area contributed by atoms with Gasteiger partial charge in [-0.25, -0.2) is 8.42 Å². The monoisotopic (exact) mass is 597 g/mol. The van der Waals surface area contributed by atoms with E-state index in [1.165, 1.54) is 4.31 Å². The molecule has 2 atom stereocenters. The molecule has 9 heteroatoms. The second kappa shape index (κ2) is 15.0. The van der Waals surface area contributed by atoms with Crippen LogP contribution in [0, 0.1) is 6.92 Å². The summed E-state index contributed by atoms with van der Waals surface area (Å²) in [6.07, 6.45) is 2.59. The number of hydrogen-bond acceptors (Lipinski definition) is 4. The van der Waals surface area contributed by atoms with Crippen LogP contribution < -0.4 is 9.62 Å². The first-order valence-electron chi connectivity index (χ1n) is 13.9. The molecule has 0 aromatic heterocycles. The third kappa shape index (κ3) is 9.61. The quantitative estimate of drug-likeness (QED) is 0.256. The largest absolute Gasteiger partial charge is 0.352 e. The molecule has 0 aliphatic heterocycles. The molecule has 0 heterocycles. The molecule has 0 spiro atoms. The summed E-state index contributed by atoms with van der Waals surface area (Å²) in [5.74, 6) is -0.482. The fraction of sp³-hybridized carbons (Fsp3) is 0.375. The average Bonchev–Trinajstić information content (AvgIpc) is 2.93. The van der Waals surface area contributed by atoms with E-state index in [0.717, 1.165) is 29.4 Å². The zero-order valence-electron chi connectivity index (χ0n) is 24.2. The van der Waals surface area contributed by atoms with Crippen LogP contribution in [-0.2, 0) is 32.6 Å². The molecule has 3 aromatic rings. The van der Waals surface area contributed by atoms with E-state index >= 15 is 0 Å². The standard InChI is InChI=1S/C32H40ClN3O4S/c1-5-25(3)34-32(38)30(22-26-14-7-6-8-15-26)35(23-27-16-9-10-18-29(27)33)31(37)19-12-20-36(41(4,39)40)28-17-11-13-24(2)21-28/h6-11,13-18,21,25,30H,5,12,19-20,22-23H2,1-4H3,(H,34,38). The van der Waals surface area contributed by atoms with Crippen molar-refractivity contribution in [1.82, 2.24) is 10.2 Å². The molecule has 7 nitrogen and oxygen atoms in total. The van der Waals surface area contributed by atoms with E-state index < -0.39 is 16.1 Å². The summed E-state index contributed by atoms with van der Waals surface area (Å²) in [5, 5.41) is 3.56. The van der Waals surface area contributed by atoms with Gasteiger partial charge in [0.15, 0.2) is 0 Å². The highest BCUT2D eigenvalue weighted by molar-refractivity contribution is 7.92. The number of anilines is 1. The lowest BCUT2D eigenvalue weighted by molar-refractivity contribution is -0.141. The lowest BCUT2D eigenvalue weighted by Crippen LogP contribution is -2.52. The smallest absolute Gasteiger partial charge is 0.243 e. The Morgan fingerprint density at radius 3 is 2.29 bits per heavy atom. The number of nitrogens with zero attached hydrogens (tertiary/aromatic N) is 2. The number of carbonyl (C=O) groups is 2. The second-order valence-corrected chi connectivity index (χ2v) is 12.7. The van der Waals surface area contributed by atoms with Crippen LogP contribution in [0.3, 0.4) is 0 Å². The molecule has 2 amide bonds. The van der Waals surface area contributed by atoms with Crippen LogP contribution in [0.15, 0.2) is 78.9 Å². The third-order valence-electron chi connectivity index (χ3n) is 7.01. The molecular weight excluding hydrogens is 558 g/mol. The summed E-state index contributed by atoms with van der Waals surface area (Å²) in [5.41, 5.74) is 3.16. The van der Waals surface area contributed by atoms with E-state index in [9.17, 15) is 18.0 Å². The number of nitrogens with one attached hydrogen (secondary N) is 1. The molecule has 41 heavy (non-hydrogen) atoms. The maximum absolute atomic E-state index is 13.9. The lowest BCUT2D eigenvalue weighted by atomic mass is 10.0. The van der Waals surface area contributed by atoms with Gasteiger partial charge >= 0.3 is 0 Å². The number of halogens is 1. The van der Waals surface area contributed by atoms with Crippen molar-refractivity contribution in [3.05, 3.63) is 101 Å². The van der Waals surface area contributed by atoms with E-state index in [4.69, 9.17) is 11.6 Å². The summed E-state index contributed by atoms with van der Waals surface area (Å²) in [6.45, 7) is 6.11. The van der Waals surface area contributed by atoms with Crippen molar-refractivity contribution in [2.75, 3.05) is 17.1 Å². The summed E-state index contributed by atoms with van der Waals surface area (Å²) in [4.78, 5) is 29.1.